The zero-order valence-corrected chi connectivity index (χ0v) is 11.1. The molecule has 1 N–H and O–H groups in total. The van der Waals surface area contributed by atoms with E-state index in [1.165, 1.54) is 0 Å². The maximum absolute atomic E-state index is 10.9. The Morgan fingerprint density at radius 1 is 1.10 bits per heavy atom. The normalized spacial score (nSPS) is 11.0. The smallest absolute Gasteiger partial charge is 0.335 e. The lowest BCUT2D eigenvalue weighted by Gasteiger charge is -2.01. The number of benzene rings is 2. The molecule has 3 rings (SSSR count). The molecule has 0 saturated carbocycles. The van der Waals surface area contributed by atoms with Crippen molar-refractivity contribution < 1.29 is 9.90 Å². The zero-order valence-electron chi connectivity index (χ0n) is 11.1. The lowest BCUT2D eigenvalue weighted by atomic mass is 10.1. The summed E-state index contributed by atoms with van der Waals surface area (Å²) < 4.78 is 0. The second-order valence-electron chi connectivity index (χ2n) is 4.60. The minimum absolute atomic E-state index is 0.286. The molecular formula is C17H12N2O2. The van der Waals surface area contributed by atoms with E-state index in [2.05, 4.69) is 9.98 Å². The van der Waals surface area contributed by atoms with Gasteiger partial charge in [0.15, 0.2) is 0 Å². The van der Waals surface area contributed by atoms with Crippen molar-refractivity contribution in [1.29, 1.82) is 0 Å². The van der Waals surface area contributed by atoms with Gasteiger partial charge in [-0.25, -0.2) is 4.79 Å². The SMILES string of the molecule is O=C(O)c1ccc2cc(N=Cc3cccnc3)ccc2c1. The van der Waals surface area contributed by atoms with Gasteiger partial charge in [0.05, 0.1) is 11.3 Å². The van der Waals surface area contributed by atoms with Crippen LogP contribution in [0.15, 0.2) is 65.9 Å². The molecule has 0 aliphatic carbocycles. The summed E-state index contributed by atoms with van der Waals surface area (Å²) in [6, 6.07) is 14.5. The van der Waals surface area contributed by atoms with Crippen LogP contribution < -0.4 is 0 Å². The van der Waals surface area contributed by atoms with Crippen molar-refractivity contribution in [3.63, 3.8) is 0 Å². The van der Waals surface area contributed by atoms with Crippen LogP contribution in [0.3, 0.4) is 0 Å². The average Bonchev–Trinajstić information content (AvgIpc) is 2.53. The summed E-state index contributed by atoms with van der Waals surface area (Å²) in [7, 11) is 0. The highest BCUT2D eigenvalue weighted by Gasteiger charge is 2.03. The van der Waals surface area contributed by atoms with Crippen molar-refractivity contribution in [2.75, 3.05) is 0 Å². The van der Waals surface area contributed by atoms with Crippen LogP contribution in [0.1, 0.15) is 15.9 Å². The van der Waals surface area contributed by atoms with Gasteiger partial charge in [0, 0.05) is 24.2 Å². The molecule has 0 radical (unpaired) electrons. The highest BCUT2D eigenvalue weighted by Crippen LogP contribution is 2.22. The van der Waals surface area contributed by atoms with E-state index in [1.807, 2.05) is 30.3 Å². The number of fused-ring (bicyclic) bond motifs is 1. The van der Waals surface area contributed by atoms with Gasteiger partial charge in [-0.15, -0.1) is 0 Å². The van der Waals surface area contributed by atoms with Crippen LogP contribution in [0, 0.1) is 0 Å². The quantitative estimate of drug-likeness (QED) is 0.742. The first kappa shape index (κ1) is 13.0. The fraction of sp³-hybridized carbons (Fsp3) is 0. The Morgan fingerprint density at radius 2 is 1.90 bits per heavy atom. The van der Waals surface area contributed by atoms with Gasteiger partial charge in [-0.05, 0) is 41.1 Å². The third-order valence-electron chi connectivity index (χ3n) is 3.12. The summed E-state index contributed by atoms with van der Waals surface area (Å²) >= 11 is 0. The van der Waals surface area contributed by atoms with Gasteiger partial charge in [0.1, 0.15) is 0 Å². The van der Waals surface area contributed by atoms with E-state index < -0.39 is 5.97 Å². The number of carboxylic acids is 1. The minimum atomic E-state index is -0.921. The van der Waals surface area contributed by atoms with Crippen molar-refractivity contribution >= 4 is 28.6 Å². The first-order valence-corrected chi connectivity index (χ1v) is 6.43. The van der Waals surface area contributed by atoms with E-state index in [0.29, 0.717) is 0 Å². The number of hydrogen-bond acceptors (Lipinski definition) is 3. The summed E-state index contributed by atoms with van der Waals surface area (Å²) in [5.74, 6) is -0.921. The molecular weight excluding hydrogens is 264 g/mol. The molecule has 1 aromatic heterocycles. The topological polar surface area (TPSA) is 62.5 Å². The number of aromatic carboxylic acids is 1. The first-order valence-electron chi connectivity index (χ1n) is 6.43. The van der Waals surface area contributed by atoms with Gasteiger partial charge < -0.3 is 5.11 Å². The third kappa shape index (κ3) is 2.95. The number of aliphatic imine (C=N–C) groups is 1. The Labute approximate surface area is 121 Å². The summed E-state index contributed by atoms with van der Waals surface area (Å²) in [6.07, 6.45) is 5.21. The molecule has 0 saturated heterocycles. The predicted molar refractivity (Wildman–Crippen MR) is 82.4 cm³/mol. The number of aromatic nitrogens is 1. The molecule has 4 nitrogen and oxygen atoms in total. The molecule has 0 aliphatic rings. The number of hydrogen-bond donors (Lipinski definition) is 1. The van der Waals surface area contributed by atoms with Gasteiger partial charge in [-0.3, -0.25) is 9.98 Å². The van der Waals surface area contributed by atoms with Crippen molar-refractivity contribution in [1.82, 2.24) is 4.98 Å². The van der Waals surface area contributed by atoms with Crippen molar-refractivity contribution in [3.8, 4) is 0 Å². The molecule has 0 amide bonds. The maximum Gasteiger partial charge on any atom is 0.335 e. The lowest BCUT2D eigenvalue weighted by Crippen LogP contribution is -1.94. The minimum Gasteiger partial charge on any atom is -0.478 e. The Morgan fingerprint density at radius 3 is 2.67 bits per heavy atom. The van der Waals surface area contributed by atoms with E-state index in [0.717, 1.165) is 22.0 Å². The van der Waals surface area contributed by atoms with Crippen LogP contribution in [0.2, 0.25) is 0 Å². The standard InChI is InChI=1S/C17H12N2O2/c20-17(21)15-4-3-14-9-16(6-5-13(14)8-15)19-11-12-2-1-7-18-10-12/h1-11H,(H,20,21). The van der Waals surface area contributed by atoms with E-state index in [-0.39, 0.29) is 5.56 Å². The summed E-state index contributed by atoms with van der Waals surface area (Å²) in [4.78, 5) is 19.4. The Hall–Kier alpha value is -3.01. The molecule has 102 valence electrons. The number of carboxylic acid groups (broad SMARTS) is 1. The fourth-order valence-electron chi connectivity index (χ4n) is 2.05. The third-order valence-corrected chi connectivity index (χ3v) is 3.12. The lowest BCUT2D eigenvalue weighted by molar-refractivity contribution is 0.0697. The maximum atomic E-state index is 10.9. The van der Waals surface area contributed by atoms with Crippen molar-refractivity contribution in [2.24, 2.45) is 4.99 Å². The summed E-state index contributed by atoms with van der Waals surface area (Å²) in [5, 5.41) is 10.8. The van der Waals surface area contributed by atoms with Crippen LogP contribution >= 0.6 is 0 Å². The number of rotatable bonds is 3. The van der Waals surface area contributed by atoms with Crippen LogP contribution in [0.5, 0.6) is 0 Å². The molecule has 0 bridgehead atoms. The van der Waals surface area contributed by atoms with Gasteiger partial charge >= 0.3 is 5.97 Å². The van der Waals surface area contributed by atoms with Gasteiger partial charge in [0.25, 0.3) is 0 Å². The Kier molecular flexibility index (Phi) is 3.43. The van der Waals surface area contributed by atoms with Gasteiger partial charge in [-0.1, -0.05) is 18.2 Å². The van der Waals surface area contributed by atoms with Crippen LogP contribution in [0.25, 0.3) is 10.8 Å². The number of carbonyl (C=O) groups is 1. The van der Waals surface area contributed by atoms with Crippen LogP contribution in [-0.4, -0.2) is 22.3 Å². The van der Waals surface area contributed by atoms with E-state index in [9.17, 15) is 4.79 Å². The van der Waals surface area contributed by atoms with E-state index in [1.54, 1.807) is 36.8 Å². The molecule has 0 fully saturated rings. The average molecular weight is 276 g/mol. The highest BCUT2D eigenvalue weighted by molar-refractivity contribution is 5.95. The van der Waals surface area contributed by atoms with Gasteiger partial charge in [-0.2, -0.15) is 0 Å². The van der Waals surface area contributed by atoms with E-state index in [4.69, 9.17) is 5.11 Å². The molecule has 1 heterocycles. The Balaban J connectivity index is 1.93. The molecule has 0 aliphatic heterocycles. The number of pyridine rings is 1. The number of nitrogens with zero attached hydrogens (tertiary/aromatic N) is 2. The second kappa shape index (κ2) is 5.54. The first-order chi connectivity index (χ1) is 10.2. The van der Waals surface area contributed by atoms with Crippen LogP contribution in [-0.2, 0) is 0 Å². The molecule has 0 spiro atoms. The highest BCUT2D eigenvalue weighted by atomic mass is 16.4. The molecule has 0 unspecified atom stereocenters. The molecule has 0 atom stereocenters. The molecule has 2 aromatic carbocycles. The monoisotopic (exact) mass is 276 g/mol. The second-order valence-corrected chi connectivity index (χ2v) is 4.60. The van der Waals surface area contributed by atoms with Gasteiger partial charge in [0.2, 0.25) is 0 Å². The fourth-order valence-corrected chi connectivity index (χ4v) is 2.05. The zero-order chi connectivity index (χ0) is 14.7. The predicted octanol–water partition coefficient (Wildman–Crippen LogP) is 3.68. The van der Waals surface area contributed by atoms with Crippen molar-refractivity contribution in [3.05, 3.63) is 72.1 Å². The molecule has 21 heavy (non-hydrogen) atoms. The van der Waals surface area contributed by atoms with Crippen LogP contribution in [0.4, 0.5) is 5.69 Å². The Bertz CT molecular complexity index is 827. The molecule has 4 heteroatoms. The van der Waals surface area contributed by atoms with E-state index >= 15 is 0 Å². The van der Waals surface area contributed by atoms with Crippen molar-refractivity contribution in [2.45, 2.75) is 0 Å². The summed E-state index contributed by atoms with van der Waals surface area (Å²) in [6.45, 7) is 0. The largest absolute Gasteiger partial charge is 0.478 e. The molecule has 3 aromatic rings. The summed E-state index contributed by atoms with van der Waals surface area (Å²) in [5.41, 5.74) is 2.03.